The Morgan fingerprint density at radius 2 is 2.00 bits per heavy atom. The van der Waals surface area contributed by atoms with E-state index in [1.807, 2.05) is 13.8 Å². The van der Waals surface area contributed by atoms with Gasteiger partial charge in [0, 0.05) is 19.7 Å². The molecule has 0 heterocycles. The summed E-state index contributed by atoms with van der Waals surface area (Å²) < 4.78 is 31.0. The van der Waals surface area contributed by atoms with E-state index in [9.17, 15) is 8.42 Å². The van der Waals surface area contributed by atoms with Gasteiger partial charge in [0.05, 0.1) is 12.4 Å². The van der Waals surface area contributed by atoms with Gasteiger partial charge in [0.25, 0.3) is 0 Å². The van der Waals surface area contributed by atoms with E-state index in [1.54, 1.807) is 7.11 Å². The summed E-state index contributed by atoms with van der Waals surface area (Å²) in [6.07, 6.45) is 1.73. The van der Waals surface area contributed by atoms with E-state index >= 15 is 0 Å². The fourth-order valence-corrected chi connectivity index (χ4v) is 2.65. The minimum Gasteiger partial charge on any atom is -0.383 e. The first kappa shape index (κ1) is 15.8. The molecule has 0 aromatic heterocycles. The number of methoxy groups -OCH3 is 1. The van der Waals surface area contributed by atoms with E-state index in [0.29, 0.717) is 13.2 Å². The van der Waals surface area contributed by atoms with E-state index in [2.05, 4.69) is 10.0 Å². The van der Waals surface area contributed by atoms with Crippen molar-refractivity contribution in [2.45, 2.75) is 32.7 Å². The second-order valence-electron chi connectivity index (χ2n) is 3.73. The molecule has 0 bridgehead atoms. The average molecular weight is 252 g/mol. The van der Waals surface area contributed by atoms with Crippen LogP contribution in [0.4, 0.5) is 0 Å². The topological polar surface area (TPSA) is 67.4 Å². The Morgan fingerprint density at radius 3 is 2.50 bits per heavy atom. The first-order chi connectivity index (χ1) is 7.55. The lowest BCUT2D eigenvalue weighted by atomic mass is 10.2. The molecule has 0 saturated carbocycles. The molecular weight excluding hydrogens is 228 g/mol. The fraction of sp³-hybridized carbons (Fsp3) is 1.00. The van der Waals surface area contributed by atoms with Gasteiger partial charge in [0.15, 0.2) is 0 Å². The predicted molar refractivity (Wildman–Crippen MR) is 66.0 cm³/mol. The van der Waals surface area contributed by atoms with Crippen LogP contribution < -0.4 is 10.0 Å². The van der Waals surface area contributed by atoms with Crippen LogP contribution >= 0.6 is 0 Å². The third-order valence-corrected chi connectivity index (χ3v) is 3.58. The highest BCUT2D eigenvalue weighted by atomic mass is 32.2. The Hall–Kier alpha value is -0.170. The normalized spacial score (nSPS) is 13.9. The van der Waals surface area contributed by atoms with Crippen molar-refractivity contribution in [2.75, 3.05) is 32.6 Å². The molecule has 1 atom stereocenters. The lowest BCUT2D eigenvalue weighted by Crippen LogP contribution is -2.41. The number of nitrogens with one attached hydrogen (secondary N) is 2. The number of sulfonamides is 1. The molecule has 6 heteroatoms. The Bertz CT molecular complexity index is 249. The molecule has 0 fully saturated rings. The van der Waals surface area contributed by atoms with Gasteiger partial charge >= 0.3 is 0 Å². The van der Waals surface area contributed by atoms with Crippen LogP contribution in [-0.4, -0.2) is 47.0 Å². The highest BCUT2D eigenvalue weighted by molar-refractivity contribution is 7.89. The van der Waals surface area contributed by atoms with Gasteiger partial charge in [-0.15, -0.1) is 0 Å². The largest absolute Gasteiger partial charge is 0.383 e. The van der Waals surface area contributed by atoms with Crippen molar-refractivity contribution in [1.29, 1.82) is 0 Å². The first-order valence-corrected chi connectivity index (χ1v) is 7.40. The highest BCUT2D eigenvalue weighted by Gasteiger charge is 2.16. The second-order valence-corrected chi connectivity index (χ2v) is 5.60. The summed E-state index contributed by atoms with van der Waals surface area (Å²) in [5.74, 6) is 0.116. The zero-order valence-electron chi connectivity index (χ0n) is 10.5. The van der Waals surface area contributed by atoms with E-state index < -0.39 is 10.0 Å². The van der Waals surface area contributed by atoms with Gasteiger partial charge in [-0.3, -0.25) is 0 Å². The molecule has 0 aliphatic carbocycles. The Morgan fingerprint density at radius 1 is 1.31 bits per heavy atom. The van der Waals surface area contributed by atoms with Crippen LogP contribution in [-0.2, 0) is 14.8 Å². The van der Waals surface area contributed by atoms with E-state index in [1.165, 1.54) is 0 Å². The monoisotopic (exact) mass is 252 g/mol. The Balaban J connectivity index is 4.08. The van der Waals surface area contributed by atoms with Crippen molar-refractivity contribution in [3.63, 3.8) is 0 Å². The molecule has 16 heavy (non-hydrogen) atoms. The summed E-state index contributed by atoms with van der Waals surface area (Å²) in [5, 5.41) is 2.99. The highest BCUT2D eigenvalue weighted by Crippen LogP contribution is 1.99. The SMILES string of the molecule is CCCC(COC)NS(=O)(=O)CCNCC. The summed E-state index contributed by atoms with van der Waals surface area (Å²) >= 11 is 0. The van der Waals surface area contributed by atoms with Gasteiger partial charge in [-0.25, -0.2) is 13.1 Å². The number of rotatable bonds is 10. The number of hydrogen-bond donors (Lipinski definition) is 2. The molecule has 0 aromatic carbocycles. The molecule has 0 aliphatic rings. The lowest BCUT2D eigenvalue weighted by molar-refractivity contribution is 0.171. The third-order valence-electron chi connectivity index (χ3n) is 2.15. The molecule has 0 aromatic rings. The maximum absolute atomic E-state index is 11.7. The van der Waals surface area contributed by atoms with Gasteiger partial charge < -0.3 is 10.1 Å². The summed E-state index contributed by atoms with van der Waals surface area (Å²) in [6, 6.07) is -0.110. The summed E-state index contributed by atoms with van der Waals surface area (Å²) in [4.78, 5) is 0. The molecule has 98 valence electrons. The lowest BCUT2D eigenvalue weighted by Gasteiger charge is -2.17. The molecule has 1 unspecified atom stereocenters. The molecule has 5 nitrogen and oxygen atoms in total. The van der Waals surface area contributed by atoms with Crippen molar-refractivity contribution in [3.05, 3.63) is 0 Å². The molecule has 0 saturated heterocycles. The number of ether oxygens (including phenoxy) is 1. The zero-order chi connectivity index (χ0) is 12.4. The molecule has 2 N–H and O–H groups in total. The Labute approximate surface area is 99.0 Å². The smallest absolute Gasteiger partial charge is 0.213 e. The molecular formula is C10H24N2O3S. The number of hydrogen-bond acceptors (Lipinski definition) is 4. The van der Waals surface area contributed by atoms with Gasteiger partial charge in [-0.05, 0) is 13.0 Å². The summed E-state index contributed by atoms with van der Waals surface area (Å²) in [5.41, 5.74) is 0. The van der Waals surface area contributed by atoms with E-state index in [4.69, 9.17) is 4.74 Å². The standard InChI is InChI=1S/C10H24N2O3S/c1-4-6-10(9-15-3)12-16(13,14)8-7-11-5-2/h10-12H,4-9H2,1-3H3. The molecule has 0 rings (SSSR count). The van der Waals surface area contributed by atoms with Gasteiger partial charge in [0.2, 0.25) is 10.0 Å². The van der Waals surface area contributed by atoms with Crippen LogP contribution in [0, 0.1) is 0 Å². The first-order valence-electron chi connectivity index (χ1n) is 5.75. The van der Waals surface area contributed by atoms with E-state index in [0.717, 1.165) is 19.4 Å². The average Bonchev–Trinajstić information content (AvgIpc) is 2.18. The predicted octanol–water partition coefficient (Wildman–Crippen LogP) is 0.330. The van der Waals surface area contributed by atoms with Crippen molar-refractivity contribution < 1.29 is 13.2 Å². The minimum absolute atomic E-state index is 0.110. The van der Waals surface area contributed by atoms with Crippen LogP contribution in [0.25, 0.3) is 0 Å². The molecule has 0 amide bonds. The van der Waals surface area contributed by atoms with Crippen molar-refractivity contribution >= 4 is 10.0 Å². The van der Waals surface area contributed by atoms with Crippen molar-refractivity contribution in [1.82, 2.24) is 10.0 Å². The fourth-order valence-electron chi connectivity index (χ4n) is 1.42. The van der Waals surface area contributed by atoms with Gasteiger partial charge in [-0.2, -0.15) is 0 Å². The van der Waals surface area contributed by atoms with Crippen LogP contribution in [0.1, 0.15) is 26.7 Å². The van der Waals surface area contributed by atoms with Gasteiger partial charge in [0.1, 0.15) is 0 Å². The van der Waals surface area contributed by atoms with Gasteiger partial charge in [-0.1, -0.05) is 20.3 Å². The van der Waals surface area contributed by atoms with Crippen molar-refractivity contribution in [3.8, 4) is 0 Å². The maximum Gasteiger partial charge on any atom is 0.213 e. The summed E-state index contributed by atoms with van der Waals surface area (Å²) in [7, 11) is -1.61. The van der Waals surface area contributed by atoms with Crippen LogP contribution in [0.3, 0.4) is 0 Å². The van der Waals surface area contributed by atoms with Crippen LogP contribution in [0.2, 0.25) is 0 Å². The molecule has 0 spiro atoms. The van der Waals surface area contributed by atoms with Crippen LogP contribution in [0.15, 0.2) is 0 Å². The summed E-state index contributed by atoms with van der Waals surface area (Å²) in [6.45, 7) is 5.67. The third kappa shape index (κ3) is 8.04. The zero-order valence-corrected chi connectivity index (χ0v) is 11.3. The van der Waals surface area contributed by atoms with Crippen molar-refractivity contribution in [2.24, 2.45) is 0 Å². The van der Waals surface area contributed by atoms with Crippen LogP contribution in [0.5, 0.6) is 0 Å². The quantitative estimate of drug-likeness (QED) is 0.550. The second kappa shape index (κ2) is 8.92. The molecule has 0 radical (unpaired) electrons. The van der Waals surface area contributed by atoms with E-state index in [-0.39, 0.29) is 11.8 Å². The maximum atomic E-state index is 11.7. The molecule has 0 aliphatic heterocycles. The Kier molecular flexibility index (Phi) is 8.83. The minimum atomic E-state index is -3.19.